The zero-order valence-electron chi connectivity index (χ0n) is 17.7. The van der Waals surface area contributed by atoms with Crippen molar-refractivity contribution in [3.8, 4) is 0 Å². The third kappa shape index (κ3) is 8.60. The molecule has 1 aromatic carbocycles. The molecular formula is C21H34IN5O. The molecule has 0 bridgehead atoms. The van der Waals surface area contributed by atoms with Crippen LogP contribution in [-0.2, 0) is 18.5 Å². The minimum atomic E-state index is -0.0308. The number of aliphatic imine (C=N–C) groups is 1. The molecule has 2 N–H and O–H groups in total. The van der Waals surface area contributed by atoms with E-state index in [-0.39, 0.29) is 29.4 Å². The molecule has 0 aliphatic carbocycles. The summed E-state index contributed by atoms with van der Waals surface area (Å²) < 4.78 is 5.79. The van der Waals surface area contributed by atoms with E-state index in [4.69, 9.17) is 4.42 Å². The Kier molecular flexibility index (Phi) is 10.5. The molecule has 0 saturated heterocycles. The van der Waals surface area contributed by atoms with Gasteiger partial charge in [-0.25, -0.2) is 4.98 Å². The number of oxazole rings is 1. The Morgan fingerprint density at radius 3 is 2.50 bits per heavy atom. The van der Waals surface area contributed by atoms with Gasteiger partial charge in [-0.3, -0.25) is 4.99 Å². The number of aromatic nitrogens is 1. The molecule has 0 aliphatic heterocycles. The Morgan fingerprint density at radius 2 is 1.89 bits per heavy atom. The molecule has 0 spiro atoms. The van der Waals surface area contributed by atoms with Crippen LogP contribution in [0.2, 0.25) is 0 Å². The van der Waals surface area contributed by atoms with E-state index in [0.29, 0.717) is 12.4 Å². The predicted octanol–water partition coefficient (Wildman–Crippen LogP) is 3.78. The van der Waals surface area contributed by atoms with E-state index in [2.05, 4.69) is 77.6 Å². The van der Waals surface area contributed by atoms with Crippen LogP contribution in [0.1, 0.15) is 44.4 Å². The third-order valence-electron chi connectivity index (χ3n) is 4.23. The minimum absolute atomic E-state index is 0. The van der Waals surface area contributed by atoms with Crippen LogP contribution >= 0.6 is 24.0 Å². The molecule has 0 unspecified atom stereocenters. The molecule has 6 nitrogen and oxygen atoms in total. The Labute approximate surface area is 186 Å². The van der Waals surface area contributed by atoms with Gasteiger partial charge in [-0.05, 0) is 25.6 Å². The normalized spacial score (nSPS) is 12.0. The molecule has 1 aromatic heterocycles. The van der Waals surface area contributed by atoms with Gasteiger partial charge in [0.25, 0.3) is 0 Å². The average molecular weight is 499 g/mol. The first-order valence-corrected chi connectivity index (χ1v) is 9.50. The number of guanidine groups is 1. The summed E-state index contributed by atoms with van der Waals surface area (Å²) in [6.07, 6.45) is 2.84. The number of hydrogen-bond acceptors (Lipinski definition) is 4. The van der Waals surface area contributed by atoms with Crippen molar-refractivity contribution in [3.63, 3.8) is 0 Å². The lowest BCUT2D eigenvalue weighted by atomic mass is 9.94. The second-order valence-electron chi connectivity index (χ2n) is 7.80. The number of hydrogen-bond donors (Lipinski definition) is 2. The molecule has 1 heterocycles. The summed E-state index contributed by atoms with van der Waals surface area (Å²) in [7, 11) is 3.92. The van der Waals surface area contributed by atoms with Gasteiger partial charge in [0, 0.05) is 25.6 Å². The third-order valence-corrected chi connectivity index (χ3v) is 4.23. The molecule has 0 amide bonds. The summed E-state index contributed by atoms with van der Waals surface area (Å²) in [4.78, 5) is 10.9. The van der Waals surface area contributed by atoms with Gasteiger partial charge < -0.3 is 20.0 Å². The molecule has 0 atom stereocenters. The Balaban J connectivity index is 0.00000392. The monoisotopic (exact) mass is 499 g/mol. The highest BCUT2D eigenvalue weighted by atomic mass is 127. The first-order chi connectivity index (χ1) is 12.9. The molecule has 2 rings (SSSR count). The van der Waals surface area contributed by atoms with Gasteiger partial charge in [0.15, 0.2) is 5.96 Å². The summed E-state index contributed by atoms with van der Waals surface area (Å²) in [6, 6.07) is 10.5. The van der Waals surface area contributed by atoms with E-state index in [0.717, 1.165) is 37.8 Å². The van der Waals surface area contributed by atoms with Crippen molar-refractivity contribution >= 4 is 29.9 Å². The van der Waals surface area contributed by atoms with Gasteiger partial charge in [-0.1, -0.05) is 51.1 Å². The molecular weight excluding hydrogens is 465 g/mol. The number of nitrogens with zero attached hydrogens (tertiary/aromatic N) is 3. The summed E-state index contributed by atoms with van der Waals surface area (Å²) in [5.41, 5.74) is 1.31. The largest absolute Gasteiger partial charge is 0.443 e. The highest BCUT2D eigenvalue weighted by Gasteiger charge is 2.19. The summed E-state index contributed by atoms with van der Waals surface area (Å²) in [6.45, 7) is 9.70. The summed E-state index contributed by atoms with van der Waals surface area (Å²) in [5.74, 6) is 2.32. The zero-order chi connectivity index (χ0) is 19.7. The standard InChI is InChI=1S/C21H33N5O.HI/c1-21(2,3)18-14-24-19(27-18)15-25-20(22-4)23-12-9-13-26(5)16-17-10-7-6-8-11-17;/h6-8,10-11,14H,9,12-13,15-16H2,1-5H3,(H2,22,23,25);1H. The lowest BCUT2D eigenvalue weighted by Gasteiger charge is -2.17. The Hall–Kier alpha value is -1.61. The molecule has 0 aliphatic rings. The topological polar surface area (TPSA) is 65.7 Å². The number of halogens is 1. The minimum Gasteiger partial charge on any atom is -0.443 e. The maximum Gasteiger partial charge on any atom is 0.213 e. The van der Waals surface area contributed by atoms with Crippen molar-refractivity contribution in [3.05, 3.63) is 53.7 Å². The van der Waals surface area contributed by atoms with Crippen LogP contribution in [0.4, 0.5) is 0 Å². The number of nitrogens with one attached hydrogen (secondary N) is 2. The van der Waals surface area contributed by atoms with Crippen molar-refractivity contribution in [2.24, 2.45) is 4.99 Å². The van der Waals surface area contributed by atoms with Crippen LogP contribution in [0.25, 0.3) is 0 Å². The second kappa shape index (κ2) is 12.1. The lowest BCUT2D eigenvalue weighted by Crippen LogP contribution is -2.38. The number of benzene rings is 1. The molecule has 2 aromatic rings. The maximum absolute atomic E-state index is 5.79. The van der Waals surface area contributed by atoms with Crippen molar-refractivity contribution in [2.75, 3.05) is 27.2 Å². The zero-order valence-corrected chi connectivity index (χ0v) is 20.0. The molecule has 28 heavy (non-hydrogen) atoms. The fourth-order valence-corrected chi connectivity index (χ4v) is 2.65. The van der Waals surface area contributed by atoms with Gasteiger partial charge in [0.2, 0.25) is 5.89 Å². The Morgan fingerprint density at radius 1 is 1.18 bits per heavy atom. The van der Waals surface area contributed by atoms with Crippen molar-refractivity contribution < 1.29 is 4.42 Å². The first kappa shape index (κ1) is 24.4. The molecule has 156 valence electrons. The van der Waals surface area contributed by atoms with Gasteiger partial charge in [0.1, 0.15) is 5.76 Å². The van der Waals surface area contributed by atoms with Crippen LogP contribution in [0.3, 0.4) is 0 Å². The highest BCUT2D eigenvalue weighted by Crippen LogP contribution is 2.22. The van der Waals surface area contributed by atoms with Gasteiger partial charge in [-0.15, -0.1) is 24.0 Å². The maximum atomic E-state index is 5.79. The fourth-order valence-electron chi connectivity index (χ4n) is 2.65. The van der Waals surface area contributed by atoms with E-state index in [1.807, 2.05) is 6.07 Å². The van der Waals surface area contributed by atoms with E-state index in [9.17, 15) is 0 Å². The summed E-state index contributed by atoms with van der Waals surface area (Å²) in [5, 5.41) is 6.59. The summed E-state index contributed by atoms with van der Waals surface area (Å²) >= 11 is 0. The average Bonchev–Trinajstić information content (AvgIpc) is 3.11. The lowest BCUT2D eigenvalue weighted by molar-refractivity contribution is 0.322. The van der Waals surface area contributed by atoms with E-state index < -0.39 is 0 Å². The molecule has 0 saturated carbocycles. The SMILES string of the molecule is CN=C(NCCCN(C)Cc1ccccc1)NCc1ncc(C(C)(C)C)o1.I. The molecule has 7 heteroatoms. The van der Waals surface area contributed by atoms with E-state index >= 15 is 0 Å². The molecule has 0 fully saturated rings. The smallest absolute Gasteiger partial charge is 0.213 e. The number of rotatable bonds is 8. The second-order valence-corrected chi connectivity index (χ2v) is 7.80. The Bertz CT molecular complexity index is 709. The quantitative estimate of drug-likeness (QED) is 0.251. The van der Waals surface area contributed by atoms with Crippen molar-refractivity contribution in [1.82, 2.24) is 20.5 Å². The first-order valence-electron chi connectivity index (χ1n) is 9.50. The van der Waals surface area contributed by atoms with Crippen molar-refractivity contribution in [1.29, 1.82) is 0 Å². The van der Waals surface area contributed by atoms with Crippen LogP contribution in [0, 0.1) is 0 Å². The van der Waals surface area contributed by atoms with Crippen LogP contribution in [0.15, 0.2) is 45.9 Å². The van der Waals surface area contributed by atoms with Crippen molar-refractivity contribution in [2.45, 2.75) is 45.7 Å². The van der Waals surface area contributed by atoms with E-state index in [1.165, 1.54) is 5.56 Å². The van der Waals surface area contributed by atoms with Crippen LogP contribution in [0.5, 0.6) is 0 Å². The fraction of sp³-hybridized carbons (Fsp3) is 0.524. The van der Waals surface area contributed by atoms with E-state index in [1.54, 1.807) is 13.2 Å². The highest BCUT2D eigenvalue weighted by molar-refractivity contribution is 14.0. The predicted molar refractivity (Wildman–Crippen MR) is 126 cm³/mol. The van der Waals surface area contributed by atoms with Gasteiger partial charge in [0.05, 0.1) is 12.7 Å². The van der Waals surface area contributed by atoms with Crippen LogP contribution in [-0.4, -0.2) is 43.0 Å². The molecule has 0 radical (unpaired) electrons. The van der Waals surface area contributed by atoms with Gasteiger partial charge >= 0.3 is 0 Å². The van der Waals surface area contributed by atoms with Crippen LogP contribution < -0.4 is 10.6 Å². The van der Waals surface area contributed by atoms with Gasteiger partial charge in [-0.2, -0.15) is 0 Å².